The van der Waals surface area contributed by atoms with Crippen molar-refractivity contribution in [3.05, 3.63) is 59.1 Å². The Kier molecular flexibility index (Phi) is 6.20. The summed E-state index contributed by atoms with van der Waals surface area (Å²) in [5, 5.41) is 12.0. The van der Waals surface area contributed by atoms with Crippen LogP contribution in [0.1, 0.15) is 5.56 Å². The number of nitrogens with one attached hydrogen (secondary N) is 1. The van der Waals surface area contributed by atoms with Crippen LogP contribution in [-0.2, 0) is 11.3 Å². The number of hydrogen-bond acceptors (Lipinski definition) is 6. The average molecular weight is 404 g/mol. The van der Waals surface area contributed by atoms with E-state index in [2.05, 4.69) is 15.5 Å². The molecule has 27 heavy (non-hydrogen) atoms. The third-order valence-corrected chi connectivity index (χ3v) is 4.88. The van der Waals surface area contributed by atoms with Crippen LogP contribution in [0.15, 0.2) is 53.7 Å². The highest BCUT2D eigenvalue weighted by Crippen LogP contribution is 2.23. The van der Waals surface area contributed by atoms with Gasteiger partial charge in [0.05, 0.1) is 12.9 Å². The summed E-state index contributed by atoms with van der Waals surface area (Å²) in [6, 6.07) is 14.7. The molecule has 0 unspecified atom stereocenters. The van der Waals surface area contributed by atoms with Gasteiger partial charge in [0.1, 0.15) is 5.75 Å². The highest BCUT2D eigenvalue weighted by molar-refractivity contribution is 7.99. The highest BCUT2D eigenvalue weighted by Gasteiger charge is 2.14. The Hall–Kier alpha value is -2.71. The second-order valence-electron chi connectivity index (χ2n) is 5.60. The molecule has 3 rings (SSSR count). The summed E-state index contributed by atoms with van der Waals surface area (Å²) < 4.78 is 6.52. The van der Waals surface area contributed by atoms with Gasteiger partial charge in [0.25, 0.3) is 0 Å². The summed E-state index contributed by atoms with van der Waals surface area (Å²) in [6.45, 7) is 0.416. The number of nitrogens with zero attached hydrogens (tertiary/aromatic N) is 3. The van der Waals surface area contributed by atoms with Crippen molar-refractivity contribution >= 4 is 29.3 Å². The van der Waals surface area contributed by atoms with Crippen molar-refractivity contribution in [2.45, 2.75) is 11.7 Å². The van der Waals surface area contributed by atoms with E-state index in [9.17, 15) is 4.79 Å². The fraction of sp³-hybridized carbons (Fsp3) is 0.167. The number of thioether (sulfide) groups is 1. The van der Waals surface area contributed by atoms with Crippen molar-refractivity contribution in [2.24, 2.45) is 0 Å². The lowest BCUT2D eigenvalue weighted by Crippen LogP contribution is -2.25. The van der Waals surface area contributed by atoms with E-state index in [-0.39, 0.29) is 11.7 Å². The first kappa shape index (κ1) is 19.1. The molecule has 0 spiro atoms. The van der Waals surface area contributed by atoms with E-state index < -0.39 is 0 Å². The number of nitrogen functional groups attached to an aromatic ring is 1. The van der Waals surface area contributed by atoms with Gasteiger partial charge in [0.15, 0.2) is 5.82 Å². The van der Waals surface area contributed by atoms with E-state index in [0.717, 1.165) is 16.9 Å². The van der Waals surface area contributed by atoms with Gasteiger partial charge in [-0.2, -0.15) is 0 Å². The normalized spacial score (nSPS) is 10.6. The van der Waals surface area contributed by atoms with Crippen LogP contribution in [-0.4, -0.2) is 33.6 Å². The molecular formula is C18H18ClN5O2S. The quantitative estimate of drug-likeness (QED) is 0.465. The van der Waals surface area contributed by atoms with Crippen molar-refractivity contribution in [1.82, 2.24) is 20.2 Å². The van der Waals surface area contributed by atoms with E-state index >= 15 is 0 Å². The first-order valence-corrected chi connectivity index (χ1v) is 9.42. The van der Waals surface area contributed by atoms with E-state index in [4.69, 9.17) is 22.2 Å². The largest absolute Gasteiger partial charge is 0.497 e. The van der Waals surface area contributed by atoms with Gasteiger partial charge >= 0.3 is 0 Å². The van der Waals surface area contributed by atoms with Crippen molar-refractivity contribution in [3.8, 4) is 17.1 Å². The number of nitrogens with two attached hydrogens (primary N) is 1. The summed E-state index contributed by atoms with van der Waals surface area (Å²) in [5.74, 6) is 7.33. The molecule has 7 nitrogen and oxygen atoms in total. The molecule has 9 heteroatoms. The van der Waals surface area contributed by atoms with Crippen molar-refractivity contribution < 1.29 is 9.53 Å². The first-order valence-electron chi connectivity index (χ1n) is 8.05. The number of benzene rings is 2. The number of aromatic nitrogens is 3. The van der Waals surface area contributed by atoms with Gasteiger partial charge < -0.3 is 15.9 Å². The van der Waals surface area contributed by atoms with Gasteiger partial charge in [-0.1, -0.05) is 47.6 Å². The minimum Gasteiger partial charge on any atom is -0.497 e. The molecule has 1 heterocycles. The molecule has 0 fully saturated rings. The molecule has 0 aliphatic carbocycles. The molecule has 0 aliphatic heterocycles. The molecule has 0 radical (unpaired) electrons. The Balaban J connectivity index is 1.56. The third kappa shape index (κ3) is 4.93. The maximum absolute atomic E-state index is 12.1. The molecule has 0 bridgehead atoms. The van der Waals surface area contributed by atoms with Crippen LogP contribution in [0, 0.1) is 0 Å². The van der Waals surface area contributed by atoms with Gasteiger partial charge in [-0.3, -0.25) is 4.79 Å². The Morgan fingerprint density at radius 3 is 2.85 bits per heavy atom. The third-order valence-electron chi connectivity index (χ3n) is 3.70. The number of rotatable bonds is 7. The van der Waals surface area contributed by atoms with Crippen molar-refractivity contribution in [3.63, 3.8) is 0 Å². The Labute approximate surface area is 165 Å². The second-order valence-corrected chi connectivity index (χ2v) is 6.98. The average Bonchev–Trinajstić information content (AvgIpc) is 3.05. The fourth-order valence-corrected chi connectivity index (χ4v) is 3.24. The van der Waals surface area contributed by atoms with Crippen LogP contribution in [0.25, 0.3) is 11.4 Å². The number of methoxy groups -OCH3 is 1. The molecule has 2 aromatic carbocycles. The molecule has 140 valence electrons. The molecule has 0 aliphatic rings. The topological polar surface area (TPSA) is 95.1 Å². The number of carbonyl (C=O) groups is 1. The molecular weight excluding hydrogens is 386 g/mol. The second kappa shape index (κ2) is 8.79. The van der Waals surface area contributed by atoms with Gasteiger partial charge in [-0.25, -0.2) is 4.68 Å². The lowest BCUT2D eigenvalue weighted by Gasteiger charge is -2.07. The van der Waals surface area contributed by atoms with Crippen LogP contribution in [0.3, 0.4) is 0 Å². The minimum atomic E-state index is -0.130. The monoisotopic (exact) mass is 403 g/mol. The summed E-state index contributed by atoms with van der Waals surface area (Å²) in [5.41, 5.74) is 1.71. The molecule has 3 N–H and O–H groups in total. The minimum absolute atomic E-state index is 0.130. The van der Waals surface area contributed by atoms with Crippen molar-refractivity contribution in [1.29, 1.82) is 0 Å². The summed E-state index contributed by atoms with van der Waals surface area (Å²) in [7, 11) is 1.61. The fourth-order valence-electron chi connectivity index (χ4n) is 2.36. The van der Waals surface area contributed by atoms with Gasteiger partial charge in [0.2, 0.25) is 11.1 Å². The smallest absolute Gasteiger partial charge is 0.230 e. The Morgan fingerprint density at radius 1 is 1.26 bits per heavy atom. The lowest BCUT2D eigenvalue weighted by molar-refractivity contribution is -0.118. The van der Waals surface area contributed by atoms with Gasteiger partial charge in [0, 0.05) is 17.1 Å². The SMILES string of the molecule is COc1cccc(CNC(=O)CSc2nnc(-c3cccc(Cl)c3)n2N)c1. The van der Waals surface area contributed by atoms with E-state index in [0.29, 0.717) is 22.5 Å². The Morgan fingerprint density at radius 2 is 2.07 bits per heavy atom. The molecule has 0 saturated heterocycles. The molecule has 0 atom stereocenters. The first-order chi connectivity index (χ1) is 13.1. The van der Waals surface area contributed by atoms with E-state index in [1.54, 1.807) is 19.2 Å². The molecule has 1 amide bonds. The molecule has 0 saturated carbocycles. The number of ether oxygens (including phenoxy) is 1. The van der Waals surface area contributed by atoms with Crippen LogP contribution in [0.4, 0.5) is 0 Å². The van der Waals surface area contributed by atoms with Crippen LogP contribution in [0.2, 0.25) is 5.02 Å². The lowest BCUT2D eigenvalue weighted by atomic mass is 10.2. The summed E-state index contributed by atoms with van der Waals surface area (Å²) in [6.07, 6.45) is 0. The van der Waals surface area contributed by atoms with Crippen molar-refractivity contribution in [2.75, 3.05) is 18.7 Å². The van der Waals surface area contributed by atoms with E-state index in [1.165, 1.54) is 16.4 Å². The maximum atomic E-state index is 12.1. The maximum Gasteiger partial charge on any atom is 0.230 e. The molecule has 3 aromatic rings. The van der Waals surface area contributed by atoms with E-state index in [1.807, 2.05) is 36.4 Å². The predicted octanol–water partition coefficient (Wildman–Crippen LogP) is 2.73. The highest BCUT2D eigenvalue weighted by atomic mass is 35.5. The van der Waals surface area contributed by atoms with Crippen LogP contribution < -0.4 is 15.9 Å². The number of halogens is 1. The standard InChI is InChI=1S/C18H18ClN5O2S/c1-26-15-7-2-4-12(8-15)10-21-16(25)11-27-18-23-22-17(24(18)20)13-5-3-6-14(19)9-13/h2-9H,10-11,20H2,1H3,(H,21,25). The molecule has 1 aromatic heterocycles. The Bertz CT molecular complexity index is 947. The summed E-state index contributed by atoms with van der Waals surface area (Å²) in [4.78, 5) is 12.1. The zero-order valence-corrected chi connectivity index (χ0v) is 16.1. The number of amides is 1. The predicted molar refractivity (Wildman–Crippen MR) is 106 cm³/mol. The van der Waals surface area contributed by atoms with Gasteiger partial charge in [-0.15, -0.1) is 10.2 Å². The van der Waals surface area contributed by atoms with Gasteiger partial charge in [-0.05, 0) is 29.8 Å². The summed E-state index contributed by atoms with van der Waals surface area (Å²) >= 11 is 7.21. The van der Waals surface area contributed by atoms with Crippen LogP contribution >= 0.6 is 23.4 Å². The zero-order chi connectivity index (χ0) is 19.2. The zero-order valence-electron chi connectivity index (χ0n) is 14.6. The number of carbonyl (C=O) groups excluding carboxylic acids is 1. The van der Waals surface area contributed by atoms with Crippen LogP contribution in [0.5, 0.6) is 5.75 Å². The number of hydrogen-bond donors (Lipinski definition) is 2.